The predicted octanol–water partition coefficient (Wildman–Crippen LogP) is 3.22. The van der Waals surface area contributed by atoms with Gasteiger partial charge in [-0.1, -0.05) is 25.4 Å². The van der Waals surface area contributed by atoms with Crippen LogP contribution in [0.1, 0.15) is 25.0 Å². The van der Waals surface area contributed by atoms with Crippen molar-refractivity contribution in [3.05, 3.63) is 52.6 Å². The fourth-order valence-corrected chi connectivity index (χ4v) is 1.94. The summed E-state index contributed by atoms with van der Waals surface area (Å²) in [7, 11) is 0. The molecule has 102 valence electrons. The summed E-state index contributed by atoms with van der Waals surface area (Å²) in [6.07, 6.45) is 3.70. The van der Waals surface area contributed by atoms with Crippen LogP contribution in [-0.2, 0) is 13.1 Å². The highest BCUT2D eigenvalue weighted by molar-refractivity contribution is 6.30. The molecule has 1 N–H and O–H groups in total. The molecule has 0 aliphatic rings. The van der Waals surface area contributed by atoms with Gasteiger partial charge in [0, 0.05) is 34.9 Å². The molecule has 0 atom stereocenters. The van der Waals surface area contributed by atoms with E-state index in [9.17, 15) is 4.39 Å². The average molecular weight is 282 g/mol. The third kappa shape index (κ3) is 4.04. The van der Waals surface area contributed by atoms with Crippen LogP contribution in [-0.4, -0.2) is 15.8 Å². The van der Waals surface area contributed by atoms with E-state index in [0.717, 1.165) is 12.1 Å². The number of hydrogen-bond donors (Lipinski definition) is 1. The van der Waals surface area contributed by atoms with Gasteiger partial charge in [0.2, 0.25) is 0 Å². The molecule has 0 aliphatic carbocycles. The molecule has 0 saturated carbocycles. The Morgan fingerprint density at radius 1 is 1.42 bits per heavy atom. The van der Waals surface area contributed by atoms with Gasteiger partial charge in [-0.15, -0.1) is 0 Å². The van der Waals surface area contributed by atoms with Crippen molar-refractivity contribution < 1.29 is 4.39 Å². The fourth-order valence-electron chi connectivity index (χ4n) is 1.75. The van der Waals surface area contributed by atoms with Crippen LogP contribution in [0, 0.1) is 5.82 Å². The van der Waals surface area contributed by atoms with Gasteiger partial charge in [-0.05, 0) is 18.2 Å². The van der Waals surface area contributed by atoms with E-state index in [1.54, 1.807) is 23.0 Å². The van der Waals surface area contributed by atoms with Gasteiger partial charge in [-0.25, -0.2) is 4.39 Å². The molecule has 19 heavy (non-hydrogen) atoms. The van der Waals surface area contributed by atoms with Crippen molar-refractivity contribution in [2.75, 3.05) is 0 Å². The Morgan fingerprint density at radius 3 is 2.95 bits per heavy atom. The first kappa shape index (κ1) is 14.0. The third-order valence-corrected chi connectivity index (χ3v) is 2.98. The summed E-state index contributed by atoms with van der Waals surface area (Å²) < 4.78 is 15.3. The minimum Gasteiger partial charge on any atom is -0.310 e. The summed E-state index contributed by atoms with van der Waals surface area (Å²) in [5, 5.41) is 8.07. The van der Waals surface area contributed by atoms with E-state index < -0.39 is 0 Å². The maximum absolute atomic E-state index is 13.6. The number of nitrogens with zero attached hydrogens (tertiary/aromatic N) is 2. The standard InChI is InChI=1S/C14H17ClFN3/c1-10(2)17-6-11-7-18-19(8-11)9-12-5-13(15)3-4-14(12)16/h3-5,7-8,10,17H,6,9H2,1-2H3. The highest BCUT2D eigenvalue weighted by Crippen LogP contribution is 2.16. The van der Waals surface area contributed by atoms with Crippen LogP contribution in [0.15, 0.2) is 30.6 Å². The number of benzene rings is 1. The predicted molar refractivity (Wildman–Crippen MR) is 74.7 cm³/mol. The van der Waals surface area contributed by atoms with Crippen molar-refractivity contribution in [1.82, 2.24) is 15.1 Å². The maximum Gasteiger partial charge on any atom is 0.128 e. The lowest BCUT2D eigenvalue weighted by molar-refractivity contribution is 0.581. The molecule has 5 heteroatoms. The Labute approximate surface area is 117 Å². The molecule has 2 rings (SSSR count). The minimum atomic E-state index is -0.262. The van der Waals surface area contributed by atoms with Crippen molar-refractivity contribution in [3.63, 3.8) is 0 Å². The van der Waals surface area contributed by atoms with Crippen molar-refractivity contribution in [2.24, 2.45) is 0 Å². The van der Waals surface area contributed by atoms with E-state index in [2.05, 4.69) is 24.3 Å². The molecule has 1 heterocycles. The Kier molecular flexibility index (Phi) is 4.56. The van der Waals surface area contributed by atoms with Crippen LogP contribution in [0.25, 0.3) is 0 Å². The molecule has 3 nitrogen and oxygen atoms in total. The van der Waals surface area contributed by atoms with Crippen LogP contribution in [0.5, 0.6) is 0 Å². The molecule has 0 aliphatic heterocycles. The van der Waals surface area contributed by atoms with Crippen LogP contribution in [0.4, 0.5) is 4.39 Å². The Morgan fingerprint density at radius 2 is 2.21 bits per heavy atom. The monoisotopic (exact) mass is 281 g/mol. The largest absolute Gasteiger partial charge is 0.310 e. The van der Waals surface area contributed by atoms with Crippen molar-refractivity contribution >= 4 is 11.6 Å². The molecule has 1 aromatic carbocycles. The van der Waals surface area contributed by atoms with Gasteiger partial charge in [-0.2, -0.15) is 5.10 Å². The van der Waals surface area contributed by atoms with Crippen LogP contribution in [0.2, 0.25) is 5.02 Å². The second kappa shape index (κ2) is 6.17. The quantitative estimate of drug-likeness (QED) is 0.912. The van der Waals surface area contributed by atoms with Gasteiger partial charge in [0.15, 0.2) is 0 Å². The molecule has 0 unspecified atom stereocenters. The highest BCUT2D eigenvalue weighted by Gasteiger charge is 2.06. The molecule has 0 fully saturated rings. The molecule has 0 radical (unpaired) electrons. The first-order valence-electron chi connectivity index (χ1n) is 6.23. The van der Waals surface area contributed by atoms with E-state index >= 15 is 0 Å². The topological polar surface area (TPSA) is 29.9 Å². The summed E-state index contributed by atoms with van der Waals surface area (Å²) in [5.41, 5.74) is 1.62. The third-order valence-electron chi connectivity index (χ3n) is 2.74. The first-order chi connectivity index (χ1) is 9.04. The van der Waals surface area contributed by atoms with Gasteiger partial charge in [-0.3, -0.25) is 4.68 Å². The number of nitrogens with one attached hydrogen (secondary N) is 1. The maximum atomic E-state index is 13.6. The summed E-state index contributed by atoms with van der Waals surface area (Å²) in [5.74, 6) is -0.262. The van der Waals surface area contributed by atoms with E-state index in [-0.39, 0.29) is 5.82 Å². The van der Waals surface area contributed by atoms with Crippen LogP contribution in [0.3, 0.4) is 0 Å². The Bertz CT molecular complexity index is 551. The van der Waals surface area contributed by atoms with E-state index in [4.69, 9.17) is 11.6 Å². The summed E-state index contributed by atoms with van der Waals surface area (Å²) in [4.78, 5) is 0. The van der Waals surface area contributed by atoms with Crippen molar-refractivity contribution in [3.8, 4) is 0 Å². The average Bonchev–Trinajstić information content (AvgIpc) is 2.79. The molecule has 0 spiro atoms. The number of rotatable bonds is 5. The summed E-state index contributed by atoms with van der Waals surface area (Å²) in [6, 6.07) is 4.97. The molecule has 0 saturated heterocycles. The zero-order valence-corrected chi connectivity index (χ0v) is 11.8. The van der Waals surface area contributed by atoms with Crippen LogP contribution < -0.4 is 5.32 Å². The number of halogens is 2. The first-order valence-corrected chi connectivity index (χ1v) is 6.61. The second-order valence-corrected chi connectivity index (χ2v) is 5.25. The zero-order chi connectivity index (χ0) is 13.8. The molecule has 0 bridgehead atoms. The molecular formula is C14H17ClFN3. The normalized spacial score (nSPS) is 11.2. The van der Waals surface area contributed by atoms with Crippen molar-refractivity contribution in [1.29, 1.82) is 0 Å². The lowest BCUT2D eigenvalue weighted by atomic mass is 10.2. The number of hydrogen-bond acceptors (Lipinski definition) is 2. The summed E-state index contributed by atoms with van der Waals surface area (Å²) >= 11 is 5.87. The molecule has 1 aromatic heterocycles. The minimum absolute atomic E-state index is 0.262. The molecular weight excluding hydrogens is 265 g/mol. The van der Waals surface area contributed by atoms with Gasteiger partial charge in [0.25, 0.3) is 0 Å². The SMILES string of the molecule is CC(C)NCc1cnn(Cc2cc(Cl)ccc2F)c1. The van der Waals surface area contributed by atoms with E-state index in [0.29, 0.717) is 23.2 Å². The van der Waals surface area contributed by atoms with Gasteiger partial charge in [0.05, 0.1) is 12.7 Å². The number of aromatic nitrogens is 2. The van der Waals surface area contributed by atoms with Gasteiger partial charge >= 0.3 is 0 Å². The lowest BCUT2D eigenvalue weighted by Gasteiger charge is -2.06. The Hall–Kier alpha value is -1.39. The fraction of sp³-hybridized carbons (Fsp3) is 0.357. The highest BCUT2D eigenvalue weighted by atomic mass is 35.5. The summed E-state index contributed by atoms with van der Waals surface area (Å²) in [6.45, 7) is 5.32. The molecule has 0 amide bonds. The van der Waals surface area contributed by atoms with Crippen molar-refractivity contribution in [2.45, 2.75) is 33.0 Å². The van der Waals surface area contributed by atoms with Crippen LogP contribution >= 0.6 is 11.6 Å². The van der Waals surface area contributed by atoms with E-state index in [1.165, 1.54) is 6.07 Å². The van der Waals surface area contributed by atoms with E-state index in [1.807, 2.05) is 6.20 Å². The lowest BCUT2D eigenvalue weighted by Crippen LogP contribution is -2.21. The van der Waals surface area contributed by atoms with Gasteiger partial charge < -0.3 is 5.32 Å². The zero-order valence-electron chi connectivity index (χ0n) is 11.0. The Balaban J connectivity index is 2.05. The smallest absolute Gasteiger partial charge is 0.128 e. The van der Waals surface area contributed by atoms with Gasteiger partial charge in [0.1, 0.15) is 5.82 Å². The second-order valence-electron chi connectivity index (χ2n) is 4.82. The molecule has 2 aromatic rings.